The molecule has 0 saturated carbocycles. The maximum absolute atomic E-state index is 12.5. The summed E-state index contributed by atoms with van der Waals surface area (Å²) in [5, 5.41) is 0. The lowest BCUT2D eigenvalue weighted by Crippen LogP contribution is -2.65. The lowest BCUT2D eigenvalue weighted by atomic mass is 9.84. The van der Waals surface area contributed by atoms with Crippen LogP contribution in [0.3, 0.4) is 0 Å². The van der Waals surface area contributed by atoms with E-state index in [1.165, 1.54) is 0 Å². The van der Waals surface area contributed by atoms with Gasteiger partial charge in [-0.3, -0.25) is 9.10 Å². The van der Waals surface area contributed by atoms with Crippen molar-refractivity contribution in [1.29, 1.82) is 0 Å². The molecule has 1 aliphatic rings. The fraction of sp³-hybridized carbons (Fsp3) is 0.174. The summed E-state index contributed by atoms with van der Waals surface area (Å²) in [5.74, 6) is -0.0142. The van der Waals surface area contributed by atoms with E-state index in [1.807, 2.05) is 65.8 Å². The lowest BCUT2D eigenvalue weighted by molar-refractivity contribution is -0.138. The van der Waals surface area contributed by atoms with Crippen LogP contribution in [0.4, 0.5) is 0 Å². The minimum Gasteiger partial charge on any atom is -0.318 e. The van der Waals surface area contributed by atoms with Gasteiger partial charge in [-0.05, 0) is 35.6 Å². The Bertz CT molecular complexity index is 818. The van der Waals surface area contributed by atoms with Gasteiger partial charge in [0.25, 0.3) is 5.91 Å². The molecule has 1 saturated heterocycles. The number of amides is 1. The molecule has 3 nitrogen and oxygen atoms in total. The van der Waals surface area contributed by atoms with Crippen LogP contribution >= 0.6 is 11.9 Å². The van der Waals surface area contributed by atoms with E-state index in [2.05, 4.69) is 36.4 Å². The Morgan fingerprint density at radius 1 is 0.778 bits per heavy atom. The van der Waals surface area contributed by atoms with Crippen LogP contribution < -0.4 is 5.73 Å². The maximum Gasteiger partial charge on any atom is 0.251 e. The molecule has 1 fully saturated rings. The van der Waals surface area contributed by atoms with Crippen LogP contribution in [0.5, 0.6) is 0 Å². The molecule has 0 aliphatic carbocycles. The highest BCUT2D eigenvalue weighted by Crippen LogP contribution is 2.51. The van der Waals surface area contributed by atoms with Gasteiger partial charge in [-0.25, -0.2) is 0 Å². The second-order valence-electron chi connectivity index (χ2n) is 6.80. The van der Waals surface area contributed by atoms with Gasteiger partial charge in [0.15, 0.2) is 0 Å². The van der Waals surface area contributed by atoms with Crippen LogP contribution in [0.2, 0.25) is 0 Å². The van der Waals surface area contributed by atoms with Gasteiger partial charge in [-0.1, -0.05) is 91.0 Å². The standard InChI is InChI=1S/C23H22N2OS/c1-17-21(24)22(26)25(17)27-23(18-11-5-2-6-12-18,19-13-7-3-8-14-19)20-15-9-4-10-16-20/h2-17,21H,24H2,1H3/t17-,21-/m1/s1. The predicted molar refractivity (Wildman–Crippen MR) is 111 cm³/mol. The van der Waals surface area contributed by atoms with Crippen LogP contribution in [-0.2, 0) is 9.54 Å². The quantitative estimate of drug-likeness (QED) is 0.414. The van der Waals surface area contributed by atoms with Crippen molar-refractivity contribution in [2.45, 2.75) is 23.8 Å². The number of nitrogens with zero attached hydrogens (tertiary/aromatic N) is 1. The molecule has 0 aromatic heterocycles. The average molecular weight is 375 g/mol. The van der Waals surface area contributed by atoms with E-state index in [-0.39, 0.29) is 11.9 Å². The predicted octanol–water partition coefficient (Wildman–Crippen LogP) is 4.18. The highest BCUT2D eigenvalue weighted by Gasteiger charge is 2.49. The van der Waals surface area contributed by atoms with Crippen LogP contribution in [0.25, 0.3) is 0 Å². The van der Waals surface area contributed by atoms with E-state index >= 15 is 0 Å². The van der Waals surface area contributed by atoms with Crippen molar-refractivity contribution < 1.29 is 4.79 Å². The molecule has 27 heavy (non-hydrogen) atoms. The Balaban J connectivity index is 1.94. The Morgan fingerprint density at radius 3 is 1.48 bits per heavy atom. The van der Waals surface area contributed by atoms with E-state index in [0.29, 0.717) is 0 Å². The number of β-lactam (4-membered cyclic amide) rings is 1. The largest absolute Gasteiger partial charge is 0.318 e. The van der Waals surface area contributed by atoms with Crippen LogP contribution in [0, 0.1) is 0 Å². The summed E-state index contributed by atoms with van der Waals surface area (Å²) in [6, 6.07) is 30.7. The number of benzene rings is 3. The van der Waals surface area contributed by atoms with Gasteiger partial charge in [0.2, 0.25) is 0 Å². The van der Waals surface area contributed by atoms with Crippen molar-refractivity contribution in [3.63, 3.8) is 0 Å². The Labute approximate surface area is 164 Å². The molecular formula is C23H22N2OS. The van der Waals surface area contributed by atoms with E-state index < -0.39 is 10.8 Å². The van der Waals surface area contributed by atoms with Crippen molar-refractivity contribution in [3.8, 4) is 0 Å². The molecule has 2 N–H and O–H groups in total. The summed E-state index contributed by atoms with van der Waals surface area (Å²) in [5.41, 5.74) is 9.38. The SMILES string of the molecule is C[C@@H]1[C@@H](N)C(=O)N1SC(c1ccccc1)(c1ccccc1)c1ccccc1. The highest BCUT2D eigenvalue weighted by molar-refractivity contribution is 7.99. The molecule has 0 unspecified atom stereocenters. The molecule has 1 heterocycles. The van der Waals surface area contributed by atoms with E-state index in [1.54, 1.807) is 11.9 Å². The van der Waals surface area contributed by atoms with Gasteiger partial charge in [-0.2, -0.15) is 0 Å². The Morgan fingerprint density at radius 2 is 1.15 bits per heavy atom. The molecule has 4 heteroatoms. The molecule has 1 aliphatic heterocycles. The molecule has 0 radical (unpaired) electrons. The molecule has 2 atom stereocenters. The number of hydrogen-bond donors (Lipinski definition) is 1. The maximum atomic E-state index is 12.5. The van der Waals surface area contributed by atoms with Gasteiger partial charge < -0.3 is 5.73 Å². The Hall–Kier alpha value is -2.56. The molecule has 3 aromatic carbocycles. The number of carbonyl (C=O) groups is 1. The normalized spacial score (nSPS) is 19.6. The van der Waals surface area contributed by atoms with Crippen molar-refractivity contribution in [2.24, 2.45) is 5.73 Å². The van der Waals surface area contributed by atoms with Crippen LogP contribution in [-0.4, -0.2) is 22.3 Å². The average Bonchev–Trinajstić information content (AvgIpc) is 2.76. The van der Waals surface area contributed by atoms with Gasteiger partial charge >= 0.3 is 0 Å². The van der Waals surface area contributed by atoms with Gasteiger partial charge in [0.1, 0.15) is 10.8 Å². The number of nitrogens with two attached hydrogens (primary N) is 1. The molecule has 1 amide bonds. The fourth-order valence-corrected chi connectivity index (χ4v) is 5.10. The minimum absolute atomic E-state index is 0.00184. The minimum atomic E-state index is -0.534. The van der Waals surface area contributed by atoms with E-state index in [0.717, 1.165) is 16.7 Å². The zero-order valence-electron chi connectivity index (χ0n) is 15.2. The first kappa shape index (κ1) is 17.8. The highest BCUT2D eigenvalue weighted by atomic mass is 32.2. The van der Waals surface area contributed by atoms with Crippen LogP contribution in [0.15, 0.2) is 91.0 Å². The fourth-order valence-electron chi connectivity index (χ4n) is 3.57. The van der Waals surface area contributed by atoms with Crippen molar-refractivity contribution in [2.75, 3.05) is 0 Å². The summed E-state index contributed by atoms with van der Waals surface area (Å²) in [7, 11) is 0. The zero-order chi connectivity index (χ0) is 18.9. The molecule has 0 bridgehead atoms. The second kappa shape index (κ2) is 7.22. The van der Waals surface area contributed by atoms with E-state index in [9.17, 15) is 4.79 Å². The third-order valence-electron chi connectivity index (χ3n) is 5.17. The van der Waals surface area contributed by atoms with Gasteiger partial charge in [0, 0.05) is 0 Å². The molecule has 136 valence electrons. The molecule has 3 aromatic rings. The van der Waals surface area contributed by atoms with Crippen molar-refractivity contribution in [1.82, 2.24) is 4.31 Å². The first-order valence-corrected chi connectivity index (χ1v) is 9.86. The summed E-state index contributed by atoms with van der Waals surface area (Å²) >= 11 is 1.56. The van der Waals surface area contributed by atoms with E-state index in [4.69, 9.17) is 5.73 Å². The second-order valence-corrected chi connectivity index (χ2v) is 7.99. The smallest absolute Gasteiger partial charge is 0.251 e. The summed E-state index contributed by atoms with van der Waals surface area (Å²) in [4.78, 5) is 12.5. The number of hydrogen-bond acceptors (Lipinski definition) is 3. The topological polar surface area (TPSA) is 46.3 Å². The zero-order valence-corrected chi connectivity index (χ0v) is 16.0. The molecule has 0 spiro atoms. The number of rotatable bonds is 5. The third kappa shape index (κ3) is 2.95. The van der Waals surface area contributed by atoms with Crippen LogP contribution in [0.1, 0.15) is 23.6 Å². The summed E-state index contributed by atoms with van der Waals surface area (Å²) in [6.45, 7) is 2.00. The van der Waals surface area contributed by atoms with Crippen molar-refractivity contribution in [3.05, 3.63) is 108 Å². The molecular weight excluding hydrogens is 352 g/mol. The Kier molecular flexibility index (Phi) is 4.77. The van der Waals surface area contributed by atoms with Crippen molar-refractivity contribution >= 4 is 17.9 Å². The first-order chi connectivity index (χ1) is 13.1. The third-order valence-corrected chi connectivity index (χ3v) is 6.86. The summed E-state index contributed by atoms with van der Waals surface area (Å²) < 4.78 is 1.30. The van der Waals surface area contributed by atoms with Gasteiger partial charge in [-0.15, -0.1) is 0 Å². The first-order valence-electron chi connectivity index (χ1n) is 9.09. The van der Waals surface area contributed by atoms with Gasteiger partial charge in [0.05, 0.1) is 6.04 Å². The number of carbonyl (C=O) groups excluding carboxylic acids is 1. The lowest BCUT2D eigenvalue weighted by Gasteiger charge is -2.48. The monoisotopic (exact) mass is 374 g/mol. The summed E-state index contributed by atoms with van der Waals surface area (Å²) in [6.07, 6.45) is 0. The molecule has 4 rings (SSSR count).